The Morgan fingerprint density at radius 1 is 1.10 bits per heavy atom. The maximum Gasteiger partial charge on any atom is 0.0878 e. The molecule has 2 heterocycles. The highest BCUT2D eigenvalue weighted by atomic mass is 16.5. The Balaban J connectivity index is 2.02. The molecule has 2 saturated heterocycles. The molecule has 1 atom stereocenters. The summed E-state index contributed by atoms with van der Waals surface area (Å²) in [4.78, 5) is 0. The summed E-state index contributed by atoms with van der Waals surface area (Å²) in [5, 5.41) is 3.70. The van der Waals surface area contributed by atoms with E-state index < -0.39 is 0 Å². The van der Waals surface area contributed by atoms with Crippen molar-refractivity contribution in [2.75, 3.05) is 39.6 Å². The average Bonchev–Trinajstić information content (AvgIpc) is 2.49. The van der Waals surface area contributed by atoms with Crippen LogP contribution in [-0.4, -0.2) is 51.2 Å². The van der Waals surface area contributed by atoms with Crippen molar-refractivity contribution in [3.8, 4) is 0 Å². The van der Waals surface area contributed by atoms with Gasteiger partial charge in [-0.3, -0.25) is 0 Å². The van der Waals surface area contributed by atoms with Crippen LogP contribution in [0.2, 0.25) is 0 Å². The molecule has 20 heavy (non-hydrogen) atoms. The number of hydrogen-bond donors (Lipinski definition) is 1. The smallest absolute Gasteiger partial charge is 0.0878 e. The van der Waals surface area contributed by atoms with E-state index in [0.717, 1.165) is 58.3 Å². The fourth-order valence-electron chi connectivity index (χ4n) is 3.64. The van der Waals surface area contributed by atoms with Crippen LogP contribution in [0.15, 0.2) is 0 Å². The van der Waals surface area contributed by atoms with Gasteiger partial charge in [-0.25, -0.2) is 0 Å². The Hall–Kier alpha value is -0.160. The third-order valence-electron chi connectivity index (χ3n) is 4.77. The van der Waals surface area contributed by atoms with E-state index in [0.29, 0.717) is 6.04 Å². The summed E-state index contributed by atoms with van der Waals surface area (Å²) in [6.07, 6.45) is 5.63. The molecular formula is C16H31NO3. The molecule has 2 aliphatic rings. The molecule has 1 N–H and O–H groups in total. The SMILES string of the molecule is CCNC(CC1CCOCC1)C1(OCC)CCOCC1. The lowest BCUT2D eigenvalue weighted by atomic mass is 9.79. The van der Waals surface area contributed by atoms with Crippen LogP contribution in [-0.2, 0) is 14.2 Å². The maximum absolute atomic E-state index is 6.25. The van der Waals surface area contributed by atoms with Crippen LogP contribution >= 0.6 is 0 Å². The van der Waals surface area contributed by atoms with E-state index in [9.17, 15) is 0 Å². The van der Waals surface area contributed by atoms with E-state index in [-0.39, 0.29) is 5.60 Å². The molecule has 0 radical (unpaired) electrons. The third kappa shape index (κ3) is 4.17. The van der Waals surface area contributed by atoms with Crippen LogP contribution in [0.5, 0.6) is 0 Å². The van der Waals surface area contributed by atoms with Crippen molar-refractivity contribution in [3.63, 3.8) is 0 Å². The van der Waals surface area contributed by atoms with Gasteiger partial charge in [0, 0.05) is 51.9 Å². The average molecular weight is 285 g/mol. The Kier molecular flexibility index (Phi) is 6.75. The zero-order valence-electron chi connectivity index (χ0n) is 13.2. The second-order valence-electron chi connectivity index (χ2n) is 6.01. The first-order valence-corrected chi connectivity index (χ1v) is 8.33. The Morgan fingerprint density at radius 3 is 2.35 bits per heavy atom. The zero-order valence-corrected chi connectivity index (χ0v) is 13.2. The molecule has 1 unspecified atom stereocenters. The van der Waals surface area contributed by atoms with Crippen LogP contribution in [0.25, 0.3) is 0 Å². The lowest BCUT2D eigenvalue weighted by molar-refractivity contribution is -0.131. The minimum atomic E-state index is -0.0265. The molecule has 0 aromatic carbocycles. The van der Waals surface area contributed by atoms with Gasteiger partial charge in [0.1, 0.15) is 0 Å². The Morgan fingerprint density at radius 2 is 1.75 bits per heavy atom. The number of rotatable bonds is 7. The molecule has 4 nitrogen and oxygen atoms in total. The van der Waals surface area contributed by atoms with Crippen LogP contribution < -0.4 is 5.32 Å². The van der Waals surface area contributed by atoms with Gasteiger partial charge >= 0.3 is 0 Å². The van der Waals surface area contributed by atoms with Gasteiger partial charge < -0.3 is 19.5 Å². The van der Waals surface area contributed by atoms with Crippen molar-refractivity contribution in [1.29, 1.82) is 0 Å². The molecule has 4 heteroatoms. The van der Waals surface area contributed by atoms with Gasteiger partial charge in [0.05, 0.1) is 5.60 Å². The number of ether oxygens (including phenoxy) is 3. The van der Waals surface area contributed by atoms with Gasteiger partial charge in [0.25, 0.3) is 0 Å². The fourth-order valence-corrected chi connectivity index (χ4v) is 3.64. The van der Waals surface area contributed by atoms with Crippen LogP contribution in [0.4, 0.5) is 0 Å². The van der Waals surface area contributed by atoms with Crippen molar-refractivity contribution >= 4 is 0 Å². The van der Waals surface area contributed by atoms with E-state index in [1.807, 2.05) is 0 Å². The summed E-state index contributed by atoms with van der Waals surface area (Å²) < 4.78 is 17.3. The molecular weight excluding hydrogens is 254 g/mol. The van der Waals surface area contributed by atoms with E-state index in [4.69, 9.17) is 14.2 Å². The van der Waals surface area contributed by atoms with Crippen molar-refractivity contribution in [3.05, 3.63) is 0 Å². The minimum absolute atomic E-state index is 0.0265. The molecule has 0 aromatic rings. The lowest BCUT2D eigenvalue weighted by Crippen LogP contribution is -2.56. The first kappa shape index (κ1) is 16.2. The standard InChI is InChI=1S/C16H31NO3/c1-3-17-15(13-14-5-9-18-10-6-14)16(20-4-2)7-11-19-12-8-16/h14-15,17H,3-13H2,1-2H3. The first-order chi connectivity index (χ1) is 9.80. The van der Waals surface area contributed by atoms with Crippen LogP contribution in [0.3, 0.4) is 0 Å². The predicted molar refractivity (Wildman–Crippen MR) is 80.0 cm³/mol. The summed E-state index contributed by atoms with van der Waals surface area (Å²) in [7, 11) is 0. The highest BCUT2D eigenvalue weighted by Gasteiger charge is 2.41. The molecule has 2 fully saturated rings. The predicted octanol–water partition coefficient (Wildman–Crippen LogP) is 2.37. The molecule has 0 aliphatic carbocycles. The second-order valence-corrected chi connectivity index (χ2v) is 6.01. The summed E-state index contributed by atoms with van der Waals surface area (Å²) in [5.74, 6) is 0.771. The molecule has 0 bridgehead atoms. The molecule has 2 aliphatic heterocycles. The first-order valence-electron chi connectivity index (χ1n) is 8.33. The highest BCUT2D eigenvalue weighted by Crippen LogP contribution is 2.34. The molecule has 0 saturated carbocycles. The van der Waals surface area contributed by atoms with Gasteiger partial charge in [-0.15, -0.1) is 0 Å². The quantitative estimate of drug-likeness (QED) is 0.779. The fraction of sp³-hybridized carbons (Fsp3) is 1.00. The molecule has 0 aromatic heterocycles. The second kappa shape index (κ2) is 8.32. The van der Waals surface area contributed by atoms with Crippen molar-refractivity contribution in [2.24, 2.45) is 5.92 Å². The minimum Gasteiger partial charge on any atom is -0.381 e. The van der Waals surface area contributed by atoms with Gasteiger partial charge in [-0.2, -0.15) is 0 Å². The van der Waals surface area contributed by atoms with E-state index >= 15 is 0 Å². The molecule has 0 amide bonds. The summed E-state index contributed by atoms with van der Waals surface area (Å²) >= 11 is 0. The summed E-state index contributed by atoms with van der Waals surface area (Å²) in [6, 6.07) is 0.444. The van der Waals surface area contributed by atoms with Crippen molar-refractivity contribution < 1.29 is 14.2 Å². The summed E-state index contributed by atoms with van der Waals surface area (Å²) in [5.41, 5.74) is -0.0265. The third-order valence-corrected chi connectivity index (χ3v) is 4.77. The number of hydrogen-bond acceptors (Lipinski definition) is 4. The highest BCUT2D eigenvalue weighted by molar-refractivity contribution is 4.96. The van der Waals surface area contributed by atoms with Gasteiger partial charge in [-0.1, -0.05) is 6.92 Å². The van der Waals surface area contributed by atoms with Gasteiger partial charge in [-0.05, 0) is 38.6 Å². The lowest BCUT2D eigenvalue weighted by Gasteiger charge is -2.45. The number of nitrogens with one attached hydrogen (secondary N) is 1. The number of likely N-dealkylation sites (N-methyl/N-ethyl adjacent to an activating group) is 1. The monoisotopic (exact) mass is 285 g/mol. The van der Waals surface area contributed by atoms with Crippen molar-refractivity contribution in [2.45, 2.75) is 57.6 Å². The largest absolute Gasteiger partial charge is 0.381 e. The van der Waals surface area contributed by atoms with Crippen LogP contribution in [0.1, 0.15) is 46.0 Å². The van der Waals surface area contributed by atoms with Gasteiger partial charge in [0.2, 0.25) is 0 Å². The normalized spacial score (nSPS) is 25.5. The maximum atomic E-state index is 6.25. The van der Waals surface area contributed by atoms with E-state index in [1.54, 1.807) is 0 Å². The van der Waals surface area contributed by atoms with E-state index in [1.165, 1.54) is 19.3 Å². The Labute approximate surface area is 123 Å². The van der Waals surface area contributed by atoms with Gasteiger partial charge in [0.15, 0.2) is 0 Å². The van der Waals surface area contributed by atoms with Crippen LogP contribution in [0, 0.1) is 5.92 Å². The van der Waals surface area contributed by atoms with E-state index in [2.05, 4.69) is 19.2 Å². The Bertz CT molecular complexity index is 255. The summed E-state index contributed by atoms with van der Waals surface area (Å²) in [6.45, 7) is 9.59. The zero-order chi connectivity index (χ0) is 14.3. The molecule has 2 rings (SSSR count). The molecule has 0 spiro atoms. The topological polar surface area (TPSA) is 39.7 Å². The van der Waals surface area contributed by atoms with Crippen molar-refractivity contribution in [1.82, 2.24) is 5.32 Å². The molecule has 118 valence electrons.